The van der Waals surface area contributed by atoms with Crippen LogP contribution >= 0.6 is 0 Å². The fourth-order valence-corrected chi connectivity index (χ4v) is 2.11. The second-order valence-corrected chi connectivity index (χ2v) is 5.08. The van der Waals surface area contributed by atoms with Crippen molar-refractivity contribution in [3.8, 4) is 11.5 Å². The average Bonchev–Trinajstić information content (AvgIpc) is 2.50. The molecule has 5 heteroatoms. The van der Waals surface area contributed by atoms with Crippen molar-refractivity contribution in [2.24, 2.45) is 5.92 Å². The van der Waals surface area contributed by atoms with Gasteiger partial charge < -0.3 is 19.5 Å². The van der Waals surface area contributed by atoms with E-state index >= 15 is 0 Å². The van der Waals surface area contributed by atoms with Gasteiger partial charge in [-0.1, -0.05) is 20.3 Å². The van der Waals surface area contributed by atoms with Gasteiger partial charge in [-0.25, -0.2) is 0 Å². The lowest BCUT2D eigenvalue weighted by atomic mass is 10.1. The Morgan fingerprint density at radius 2 is 2.05 bits per heavy atom. The van der Waals surface area contributed by atoms with Crippen molar-refractivity contribution in [2.75, 3.05) is 32.2 Å². The number of anilines is 1. The Hall–Kier alpha value is -1.91. The van der Waals surface area contributed by atoms with Gasteiger partial charge in [-0.15, -0.1) is 0 Å². The minimum atomic E-state index is -0.788. The van der Waals surface area contributed by atoms with Crippen molar-refractivity contribution >= 4 is 11.7 Å². The largest absolute Gasteiger partial charge is 0.497 e. The lowest BCUT2D eigenvalue weighted by molar-refractivity contribution is -0.140. The number of carboxylic acids is 1. The van der Waals surface area contributed by atoms with Crippen LogP contribution in [0.4, 0.5) is 5.69 Å². The highest BCUT2D eigenvalue weighted by molar-refractivity contribution is 5.71. The lowest BCUT2D eigenvalue weighted by Gasteiger charge is -2.28. The van der Waals surface area contributed by atoms with Crippen molar-refractivity contribution in [1.82, 2.24) is 0 Å². The lowest BCUT2D eigenvalue weighted by Crippen LogP contribution is -2.33. The molecule has 1 N–H and O–H groups in total. The third-order valence-electron chi connectivity index (χ3n) is 3.42. The monoisotopic (exact) mass is 295 g/mol. The Morgan fingerprint density at radius 3 is 2.57 bits per heavy atom. The van der Waals surface area contributed by atoms with Crippen LogP contribution in [0, 0.1) is 5.92 Å². The first-order valence-electron chi connectivity index (χ1n) is 7.23. The number of rotatable bonds is 9. The Kier molecular flexibility index (Phi) is 6.85. The predicted octanol–water partition coefficient (Wildman–Crippen LogP) is 3.03. The van der Waals surface area contributed by atoms with Crippen LogP contribution in [0.1, 0.15) is 26.7 Å². The Morgan fingerprint density at radius 1 is 1.33 bits per heavy atom. The number of benzene rings is 1. The fourth-order valence-electron chi connectivity index (χ4n) is 2.11. The van der Waals surface area contributed by atoms with Gasteiger partial charge in [0.1, 0.15) is 11.5 Å². The summed E-state index contributed by atoms with van der Waals surface area (Å²) in [4.78, 5) is 13.2. The first-order valence-corrected chi connectivity index (χ1v) is 7.23. The van der Waals surface area contributed by atoms with Gasteiger partial charge in [0.05, 0.1) is 25.8 Å². The molecule has 0 bridgehead atoms. The fraction of sp³-hybridized carbons (Fsp3) is 0.562. The molecule has 118 valence electrons. The van der Waals surface area contributed by atoms with Crippen molar-refractivity contribution in [1.29, 1.82) is 0 Å². The van der Waals surface area contributed by atoms with E-state index in [1.54, 1.807) is 21.1 Å². The summed E-state index contributed by atoms with van der Waals surface area (Å²) in [6.45, 7) is 5.09. The van der Waals surface area contributed by atoms with E-state index in [-0.39, 0.29) is 0 Å². The molecule has 1 rings (SSSR count). The van der Waals surface area contributed by atoms with Crippen LogP contribution < -0.4 is 14.4 Å². The van der Waals surface area contributed by atoms with Crippen molar-refractivity contribution in [3.05, 3.63) is 18.2 Å². The molecule has 0 heterocycles. The molecule has 0 fully saturated rings. The van der Waals surface area contributed by atoms with Crippen LogP contribution in [0.15, 0.2) is 18.2 Å². The number of hydrogen-bond donors (Lipinski definition) is 1. The van der Waals surface area contributed by atoms with Gasteiger partial charge >= 0.3 is 5.97 Å². The number of hydrogen-bond acceptors (Lipinski definition) is 4. The minimum absolute atomic E-state index is 0.436. The van der Waals surface area contributed by atoms with Crippen LogP contribution in [0.5, 0.6) is 11.5 Å². The summed E-state index contributed by atoms with van der Waals surface area (Å²) in [5, 5.41) is 9.13. The zero-order chi connectivity index (χ0) is 15.8. The number of carbonyl (C=O) groups is 1. The summed E-state index contributed by atoms with van der Waals surface area (Å²) in [5.41, 5.74) is 0.903. The summed E-state index contributed by atoms with van der Waals surface area (Å²) < 4.78 is 10.6. The molecule has 1 aromatic carbocycles. The highest BCUT2D eigenvalue weighted by atomic mass is 16.5. The molecule has 1 atom stereocenters. The second-order valence-electron chi connectivity index (χ2n) is 5.08. The molecule has 0 aliphatic carbocycles. The van der Waals surface area contributed by atoms with Crippen LogP contribution in [0.3, 0.4) is 0 Å². The number of nitrogens with zero attached hydrogens (tertiary/aromatic N) is 1. The molecule has 0 saturated carbocycles. The van der Waals surface area contributed by atoms with Gasteiger partial charge in [-0.05, 0) is 18.6 Å². The summed E-state index contributed by atoms with van der Waals surface area (Å²) in [5.74, 6) is 0.193. The molecule has 0 spiro atoms. The average molecular weight is 295 g/mol. The molecular weight excluding hydrogens is 270 g/mol. The molecule has 0 amide bonds. The Bertz CT molecular complexity index is 462. The normalized spacial score (nSPS) is 11.8. The number of aliphatic carboxylic acids is 1. The van der Waals surface area contributed by atoms with E-state index < -0.39 is 11.9 Å². The molecule has 1 unspecified atom stereocenters. The minimum Gasteiger partial charge on any atom is -0.497 e. The summed E-state index contributed by atoms with van der Waals surface area (Å²) in [6, 6.07) is 5.60. The topological polar surface area (TPSA) is 59.0 Å². The predicted molar refractivity (Wildman–Crippen MR) is 83.5 cm³/mol. The van der Waals surface area contributed by atoms with E-state index in [1.807, 2.05) is 18.2 Å². The van der Waals surface area contributed by atoms with E-state index in [0.717, 1.165) is 30.8 Å². The summed E-state index contributed by atoms with van der Waals surface area (Å²) in [6.07, 6.45) is 2.05. The molecule has 1 aromatic rings. The van der Waals surface area contributed by atoms with E-state index in [9.17, 15) is 4.79 Å². The molecule has 0 saturated heterocycles. The quantitative estimate of drug-likeness (QED) is 0.759. The Labute approximate surface area is 126 Å². The van der Waals surface area contributed by atoms with Gasteiger partial charge in [0, 0.05) is 19.2 Å². The molecular formula is C16H25NO4. The van der Waals surface area contributed by atoms with Crippen LogP contribution in [0.2, 0.25) is 0 Å². The zero-order valence-corrected chi connectivity index (χ0v) is 13.3. The van der Waals surface area contributed by atoms with Crippen molar-refractivity contribution in [3.63, 3.8) is 0 Å². The first kappa shape index (κ1) is 17.1. The highest BCUT2D eigenvalue weighted by Gasteiger charge is 2.19. The smallest absolute Gasteiger partial charge is 0.308 e. The zero-order valence-electron chi connectivity index (χ0n) is 13.3. The summed E-state index contributed by atoms with van der Waals surface area (Å²) >= 11 is 0. The molecule has 5 nitrogen and oxygen atoms in total. The molecule has 0 aliphatic rings. The molecule has 0 aromatic heterocycles. The SMILES string of the molecule is CCCCN(CC(C)C(=O)O)c1ccc(OC)cc1OC. The van der Waals surface area contributed by atoms with Gasteiger partial charge in [-0.3, -0.25) is 4.79 Å². The Balaban J connectivity index is 3.03. The summed E-state index contributed by atoms with van der Waals surface area (Å²) in [7, 11) is 3.21. The highest BCUT2D eigenvalue weighted by Crippen LogP contribution is 2.32. The van der Waals surface area contributed by atoms with Gasteiger partial charge in [0.2, 0.25) is 0 Å². The number of ether oxygens (including phenoxy) is 2. The van der Waals surface area contributed by atoms with E-state index in [2.05, 4.69) is 11.8 Å². The maximum atomic E-state index is 11.1. The second kappa shape index (κ2) is 8.39. The van der Waals surface area contributed by atoms with Crippen LogP contribution in [0.25, 0.3) is 0 Å². The maximum Gasteiger partial charge on any atom is 0.308 e. The molecule has 0 aliphatic heterocycles. The third-order valence-corrected chi connectivity index (χ3v) is 3.42. The first-order chi connectivity index (χ1) is 10.0. The molecule has 0 radical (unpaired) electrons. The van der Waals surface area contributed by atoms with E-state index in [1.165, 1.54) is 0 Å². The van der Waals surface area contributed by atoms with Gasteiger partial charge in [0.15, 0.2) is 0 Å². The third kappa shape index (κ3) is 4.85. The van der Waals surface area contributed by atoms with Crippen molar-refractivity contribution < 1.29 is 19.4 Å². The number of carboxylic acid groups (broad SMARTS) is 1. The van der Waals surface area contributed by atoms with Gasteiger partial charge in [0.25, 0.3) is 0 Å². The number of unbranched alkanes of at least 4 members (excludes halogenated alkanes) is 1. The van der Waals surface area contributed by atoms with E-state index in [0.29, 0.717) is 12.3 Å². The molecule has 21 heavy (non-hydrogen) atoms. The van der Waals surface area contributed by atoms with Gasteiger partial charge in [-0.2, -0.15) is 0 Å². The van der Waals surface area contributed by atoms with Crippen LogP contribution in [-0.2, 0) is 4.79 Å². The maximum absolute atomic E-state index is 11.1. The standard InChI is InChI=1S/C16H25NO4/c1-5-6-9-17(11-12(2)16(18)19)14-8-7-13(20-3)10-15(14)21-4/h7-8,10,12H,5-6,9,11H2,1-4H3,(H,18,19). The number of methoxy groups -OCH3 is 2. The van der Waals surface area contributed by atoms with Crippen LogP contribution in [-0.4, -0.2) is 38.4 Å². The van der Waals surface area contributed by atoms with E-state index in [4.69, 9.17) is 14.6 Å². The van der Waals surface area contributed by atoms with Crippen molar-refractivity contribution in [2.45, 2.75) is 26.7 Å².